The molecule has 1 heterocycles. The van der Waals surface area contributed by atoms with Crippen LogP contribution in [0, 0.1) is 6.92 Å². The molecule has 0 aliphatic carbocycles. The van der Waals surface area contributed by atoms with Crippen LogP contribution in [-0.4, -0.2) is 16.0 Å². The third kappa shape index (κ3) is 3.19. The minimum Gasteiger partial charge on any atom is -0.506 e. The van der Waals surface area contributed by atoms with E-state index < -0.39 is 5.91 Å². The summed E-state index contributed by atoms with van der Waals surface area (Å²) >= 11 is 5.96. The van der Waals surface area contributed by atoms with Crippen LogP contribution in [0.25, 0.3) is 0 Å². The van der Waals surface area contributed by atoms with Crippen LogP contribution >= 0.6 is 11.6 Å². The number of pyridine rings is 1. The molecule has 0 radical (unpaired) electrons. The Morgan fingerprint density at radius 3 is 2.80 bits per heavy atom. The predicted octanol–water partition coefficient (Wildman–Crippen LogP) is 2.46. The number of carbonyl (C=O) groups is 1. The van der Waals surface area contributed by atoms with E-state index in [2.05, 4.69) is 10.3 Å². The second kappa shape index (κ2) is 5.79. The van der Waals surface area contributed by atoms with E-state index in [-0.39, 0.29) is 16.3 Å². The first-order valence-electron chi connectivity index (χ1n) is 5.96. The second-order valence-electron chi connectivity index (χ2n) is 4.33. The number of nitrogens with two attached hydrogens (primary N) is 1. The maximum absolute atomic E-state index is 11.1. The zero-order valence-electron chi connectivity index (χ0n) is 10.9. The number of aromatic nitrogens is 1. The SMILES string of the molecule is Cc1ccc(O)c(CNc2ccc(C(N)=O)c(Cl)c2)n1. The molecule has 0 fully saturated rings. The molecule has 1 amide bonds. The van der Waals surface area contributed by atoms with Crippen molar-refractivity contribution in [3.8, 4) is 5.75 Å². The Morgan fingerprint density at radius 2 is 2.15 bits per heavy atom. The smallest absolute Gasteiger partial charge is 0.250 e. The van der Waals surface area contributed by atoms with Gasteiger partial charge < -0.3 is 16.2 Å². The number of hydrogen-bond donors (Lipinski definition) is 3. The minimum absolute atomic E-state index is 0.128. The number of nitrogens with zero attached hydrogens (tertiary/aromatic N) is 1. The molecule has 0 aliphatic heterocycles. The normalized spacial score (nSPS) is 10.3. The highest BCUT2D eigenvalue weighted by molar-refractivity contribution is 6.34. The third-order valence-corrected chi connectivity index (χ3v) is 3.10. The molecule has 2 rings (SSSR count). The molecule has 1 aromatic carbocycles. The van der Waals surface area contributed by atoms with Crippen LogP contribution in [0.2, 0.25) is 5.02 Å². The molecule has 4 N–H and O–H groups in total. The van der Waals surface area contributed by atoms with Crippen molar-refractivity contribution in [2.75, 3.05) is 5.32 Å². The van der Waals surface area contributed by atoms with Gasteiger partial charge in [-0.25, -0.2) is 0 Å². The summed E-state index contributed by atoms with van der Waals surface area (Å²) in [6.07, 6.45) is 0. The van der Waals surface area contributed by atoms with Crippen molar-refractivity contribution in [1.29, 1.82) is 0 Å². The molecule has 2 aromatic rings. The zero-order chi connectivity index (χ0) is 14.7. The molecule has 0 atom stereocenters. The molecule has 6 heteroatoms. The van der Waals surface area contributed by atoms with E-state index >= 15 is 0 Å². The van der Waals surface area contributed by atoms with E-state index in [9.17, 15) is 9.90 Å². The summed E-state index contributed by atoms with van der Waals surface area (Å²) in [5.41, 5.74) is 7.52. The molecule has 0 saturated carbocycles. The van der Waals surface area contributed by atoms with Crippen LogP contribution in [0.3, 0.4) is 0 Å². The van der Waals surface area contributed by atoms with E-state index in [4.69, 9.17) is 17.3 Å². The number of primary amides is 1. The van der Waals surface area contributed by atoms with Crippen molar-refractivity contribution in [1.82, 2.24) is 4.98 Å². The van der Waals surface area contributed by atoms with Gasteiger partial charge in [0.25, 0.3) is 0 Å². The number of hydrogen-bond acceptors (Lipinski definition) is 4. The fourth-order valence-corrected chi connectivity index (χ4v) is 2.02. The fourth-order valence-electron chi connectivity index (χ4n) is 1.74. The number of benzene rings is 1. The molecular weight excluding hydrogens is 278 g/mol. The van der Waals surface area contributed by atoms with Gasteiger partial charge in [0.05, 0.1) is 17.1 Å². The number of amides is 1. The molecule has 0 spiro atoms. The van der Waals surface area contributed by atoms with Gasteiger partial charge in [0.2, 0.25) is 5.91 Å². The lowest BCUT2D eigenvalue weighted by Gasteiger charge is -2.09. The number of anilines is 1. The van der Waals surface area contributed by atoms with Crippen LogP contribution in [0.5, 0.6) is 5.75 Å². The number of aryl methyl sites for hydroxylation is 1. The van der Waals surface area contributed by atoms with Crippen LogP contribution in [0.15, 0.2) is 30.3 Å². The molecule has 20 heavy (non-hydrogen) atoms. The first-order valence-corrected chi connectivity index (χ1v) is 6.34. The molecular formula is C14H14ClN3O2. The number of rotatable bonds is 4. The summed E-state index contributed by atoms with van der Waals surface area (Å²) in [6, 6.07) is 8.18. The van der Waals surface area contributed by atoms with Crippen molar-refractivity contribution in [3.05, 3.63) is 52.3 Å². The van der Waals surface area contributed by atoms with Gasteiger partial charge >= 0.3 is 0 Å². The van der Waals surface area contributed by atoms with Crippen molar-refractivity contribution in [2.45, 2.75) is 13.5 Å². The Kier molecular flexibility index (Phi) is 4.10. The monoisotopic (exact) mass is 291 g/mol. The summed E-state index contributed by atoms with van der Waals surface area (Å²) in [5, 5.41) is 13.1. The molecule has 0 unspecified atom stereocenters. The first kappa shape index (κ1) is 14.1. The summed E-state index contributed by atoms with van der Waals surface area (Å²) < 4.78 is 0. The average Bonchev–Trinajstić information content (AvgIpc) is 2.39. The quantitative estimate of drug-likeness (QED) is 0.807. The summed E-state index contributed by atoms with van der Waals surface area (Å²) in [7, 11) is 0. The Labute approximate surface area is 121 Å². The standard InChI is InChI=1S/C14H14ClN3O2/c1-8-2-5-13(19)12(18-8)7-17-9-3-4-10(14(16)20)11(15)6-9/h2-6,17,19H,7H2,1H3,(H2,16,20). The molecule has 0 saturated heterocycles. The maximum atomic E-state index is 11.1. The Morgan fingerprint density at radius 1 is 1.40 bits per heavy atom. The Balaban J connectivity index is 2.13. The van der Waals surface area contributed by atoms with Gasteiger partial charge in [-0.05, 0) is 37.3 Å². The van der Waals surface area contributed by atoms with Crippen molar-refractivity contribution in [2.24, 2.45) is 5.73 Å². The van der Waals surface area contributed by atoms with Crippen molar-refractivity contribution in [3.63, 3.8) is 0 Å². The topological polar surface area (TPSA) is 88.2 Å². The zero-order valence-corrected chi connectivity index (χ0v) is 11.6. The summed E-state index contributed by atoms with van der Waals surface area (Å²) in [4.78, 5) is 15.3. The van der Waals surface area contributed by atoms with E-state index in [0.29, 0.717) is 17.9 Å². The van der Waals surface area contributed by atoms with Gasteiger partial charge in [0.1, 0.15) is 11.4 Å². The molecule has 0 bridgehead atoms. The first-order chi connectivity index (χ1) is 9.47. The molecule has 1 aromatic heterocycles. The highest BCUT2D eigenvalue weighted by Gasteiger charge is 2.08. The Bertz CT molecular complexity index is 659. The van der Waals surface area contributed by atoms with Gasteiger partial charge in [-0.2, -0.15) is 0 Å². The summed E-state index contributed by atoms with van der Waals surface area (Å²) in [5.74, 6) is -0.442. The molecule has 0 aliphatic rings. The predicted molar refractivity (Wildman–Crippen MR) is 77.9 cm³/mol. The third-order valence-electron chi connectivity index (χ3n) is 2.78. The minimum atomic E-state index is -0.570. The van der Waals surface area contributed by atoms with Gasteiger partial charge in [0, 0.05) is 11.4 Å². The van der Waals surface area contributed by atoms with E-state index in [1.165, 1.54) is 0 Å². The number of carbonyl (C=O) groups excluding carboxylic acids is 1. The lowest BCUT2D eigenvalue weighted by atomic mass is 10.2. The van der Waals surface area contributed by atoms with Crippen molar-refractivity contribution < 1.29 is 9.90 Å². The number of halogens is 1. The van der Waals surface area contributed by atoms with Crippen LogP contribution in [0.1, 0.15) is 21.7 Å². The largest absolute Gasteiger partial charge is 0.506 e. The lowest BCUT2D eigenvalue weighted by Crippen LogP contribution is -2.11. The van der Waals surface area contributed by atoms with Crippen LogP contribution < -0.4 is 11.1 Å². The Hall–Kier alpha value is -2.27. The van der Waals surface area contributed by atoms with Crippen LogP contribution in [-0.2, 0) is 6.54 Å². The fraction of sp³-hybridized carbons (Fsp3) is 0.143. The maximum Gasteiger partial charge on any atom is 0.250 e. The van der Waals surface area contributed by atoms with Gasteiger partial charge in [-0.15, -0.1) is 0 Å². The highest BCUT2D eigenvalue weighted by atomic mass is 35.5. The van der Waals surface area contributed by atoms with Gasteiger partial charge in [-0.3, -0.25) is 9.78 Å². The van der Waals surface area contributed by atoms with E-state index in [1.54, 1.807) is 30.3 Å². The average molecular weight is 292 g/mol. The second-order valence-corrected chi connectivity index (χ2v) is 4.74. The van der Waals surface area contributed by atoms with Gasteiger partial charge in [0.15, 0.2) is 0 Å². The van der Waals surface area contributed by atoms with E-state index in [1.807, 2.05) is 6.92 Å². The van der Waals surface area contributed by atoms with Crippen molar-refractivity contribution >= 4 is 23.2 Å². The van der Waals surface area contributed by atoms with Crippen LogP contribution in [0.4, 0.5) is 5.69 Å². The number of nitrogens with one attached hydrogen (secondary N) is 1. The van der Waals surface area contributed by atoms with E-state index in [0.717, 1.165) is 5.69 Å². The lowest BCUT2D eigenvalue weighted by molar-refractivity contribution is 0.100. The van der Waals surface area contributed by atoms with Gasteiger partial charge in [-0.1, -0.05) is 11.6 Å². The summed E-state index contributed by atoms with van der Waals surface area (Å²) in [6.45, 7) is 2.20. The molecule has 104 valence electrons. The molecule has 5 nitrogen and oxygen atoms in total. The highest BCUT2D eigenvalue weighted by Crippen LogP contribution is 2.22. The number of aromatic hydroxyl groups is 1.